The highest BCUT2D eigenvalue weighted by Gasteiger charge is 2.26. The summed E-state index contributed by atoms with van der Waals surface area (Å²) in [5.41, 5.74) is 0. The second-order valence-corrected chi connectivity index (χ2v) is 23.8. The van der Waals surface area contributed by atoms with Crippen molar-refractivity contribution in [3.05, 3.63) is 18.2 Å². The molecule has 1 aromatic rings. The predicted molar refractivity (Wildman–Crippen MR) is 95.4 cm³/mol. The van der Waals surface area contributed by atoms with Crippen molar-refractivity contribution in [3.63, 3.8) is 0 Å². The van der Waals surface area contributed by atoms with Crippen LogP contribution in [-0.2, 0) is 0 Å². The molecule has 3 heteroatoms. The van der Waals surface area contributed by atoms with Crippen molar-refractivity contribution in [2.75, 3.05) is 0 Å². The third-order valence-electron chi connectivity index (χ3n) is 3.53. The average Bonchev–Trinajstić information content (AvgIpc) is 2.13. The molecule has 0 amide bonds. The predicted octanol–water partition coefficient (Wildman–Crippen LogP) is 3.32. The zero-order chi connectivity index (χ0) is 14.4. The van der Waals surface area contributed by atoms with Gasteiger partial charge in [0.2, 0.25) is 0 Å². The van der Waals surface area contributed by atoms with Gasteiger partial charge >= 0.3 is 0 Å². The van der Waals surface area contributed by atoms with E-state index in [1.54, 1.807) is 15.6 Å². The lowest BCUT2D eigenvalue weighted by Crippen LogP contribution is -2.51. The molecule has 0 N–H and O–H groups in total. The molecule has 0 unspecified atom stereocenters. The van der Waals surface area contributed by atoms with Crippen LogP contribution in [0.5, 0.6) is 0 Å². The van der Waals surface area contributed by atoms with E-state index in [2.05, 4.69) is 77.1 Å². The van der Waals surface area contributed by atoms with Crippen LogP contribution in [0.25, 0.3) is 0 Å². The van der Waals surface area contributed by atoms with Crippen molar-refractivity contribution in [2.45, 2.75) is 58.9 Å². The summed E-state index contributed by atoms with van der Waals surface area (Å²) >= 11 is 0. The zero-order valence-electron chi connectivity index (χ0n) is 13.7. The van der Waals surface area contributed by atoms with E-state index in [-0.39, 0.29) is 0 Å². The molecule has 0 heterocycles. The molecular weight excluding hydrogens is 264 g/mol. The van der Waals surface area contributed by atoms with E-state index in [1.165, 1.54) is 0 Å². The smallest absolute Gasteiger partial charge is 0.0656 e. The summed E-state index contributed by atoms with van der Waals surface area (Å²) < 4.78 is 0. The second kappa shape index (κ2) is 4.76. The summed E-state index contributed by atoms with van der Waals surface area (Å²) in [6.45, 7) is 22.2. The zero-order valence-corrected chi connectivity index (χ0v) is 16.7. The topological polar surface area (TPSA) is 0 Å². The van der Waals surface area contributed by atoms with Crippen LogP contribution < -0.4 is 15.6 Å². The Bertz CT molecular complexity index is 350. The van der Waals surface area contributed by atoms with Crippen LogP contribution in [0.1, 0.15) is 0 Å². The molecule has 0 spiro atoms. The second-order valence-electron chi connectivity index (χ2n) is 8.55. The first kappa shape index (κ1) is 15.9. The van der Waals surface area contributed by atoms with Crippen molar-refractivity contribution in [2.24, 2.45) is 0 Å². The Labute approximate surface area is 117 Å². The Kier molecular flexibility index (Phi) is 4.21. The van der Waals surface area contributed by atoms with E-state index in [0.717, 1.165) is 0 Å². The summed E-state index contributed by atoms with van der Waals surface area (Å²) in [7, 11) is -3.63. The van der Waals surface area contributed by atoms with E-state index in [1.807, 2.05) is 0 Å². The number of hydrogen-bond acceptors (Lipinski definition) is 0. The first-order chi connectivity index (χ1) is 7.82. The van der Waals surface area contributed by atoms with Crippen LogP contribution >= 0.6 is 0 Å². The molecule has 0 fully saturated rings. The molecule has 1 aromatic carbocycles. The van der Waals surface area contributed by atoms with Gasteiger partial charge in [0.25, 0.3) is 0 Å². The lowest BCUT2D eigenvalue weighted by Gasteiger charge is -2.27. The van der Waals surface area contributed by atoms with Gasteiger partial charge < -0.3 is 0 Å². The molecule has 0 saturated carbocycles. The molecule has 102 valence electrons. The molecule has 0 aliphatic carbocycles. The van der Waals surface area contributed by atoms with E-state index in [4.69, 9.17) is 0 Å². The Morgan fingerprint density at radius 3 is 0.722 bits per heavy atom. The van der Waals surface area contributed by atoms with Gasteiger partial charge in [-0.1, -0.05) is 92.7 Å². The van der Waals surface area contributed by atoms with Gasteiger partial charge in [0.15, 0.2) is 0 Å². The fraction of sp³-hybridized carbons (Fsp3) is 0.600. The molecule has 18 heavy (non-hydrogen) atoms. The highest BCUT2D eigenvalue weighted by molar-refractivity contribution is 6.94. The van der Waals surface area contributed by atoms with E-state index in [9.17, 15) is 0 Å². The van der Waals surface area contributed by atoms with Crippen molar-refractivity contribution < 1.29 is 0 Å². The van der Waals surface area contributed by atoms with Crippen LogP contribution in [-0.4, -0.2) is 24.2 Å². The maximum absolute atomic E-state index is 2.53. The van der Waals surface area contributed by atoms with Crippen molar-refractivity contribution >= 4 is 39.8 Å². The lowest BCUT2D eigenvalue weighted by atomic mass is 10.3. The van der Waals surface area contributed by atoms with Crippen molar-refractivity contribution in [1.29, 1.82) is 0 Å². The van der Waals surface area contributed by atoms with Crippen molar-refractivity contribution in [1.82, 2.24) is 0 Å². The first-order valence-corrected chi connectivity index (χ1v) is 17.5. The molecule has 0 aliphatic rings. The van der Waals surface area contributed by atoms with E-state index >= 15 is 0 Å². The Morgan fingerprint density at radius 1 is 0.444 bits per heavy atom. The van der Waals surface area contributed by atoms with Gasteiger partial charge in [-0.2, -0.15) is 0 Å². The summed E-state index contributed by atoms with van der Waals surface area (Å²) in [6.07, 6.45) is 0. The lowest BCUT2D eigenvalue weighted by molar-refractivity contribution is 1.65. The molecule has 0 nitrogen and oxygen atoms in total. The molecule has 0 bridgehead atoms. The highest BCUT2D eigenvalue weighted by Crippen LogP contribution is 2.08. The number of hydrogen-bond donors (Lipinski definition) is 0. The number of rotatable bonds is 3. The third-order valence-corrected chi connectivity index (χ3v) is 9.59. The van der Waals surface area contributed by atoms with Crippen LogP contribution in [0.3, 0.4) is 0 Å². The van der Waals surface area contributed by atoms with Gasteiger partial charge in [-0.15, -0.1) is 0 Å². The van der Waals surface area contributed by atoms with Gasteiger partial charge in [0.05, 0.1) is 24.2 Å². The maximum Gasteiger partial charge on any atom is 0.0775 e. The van der Waals surface area contributed by atoms with E-state index in [0.29, 0.717) is 0 Å². The highest BCUT2D eigenvalue weighted by atomic mass is 28.3. The van der Waals surface area contributed by atoms with Crippen LogP contribution in [0.2, 0.25) is 58.9 Å². The summed E-state index contributed by atoms with van der Waals surface area (Å²) in [4.78, 5) is 0. The normalized spacial score (nSPS) is 13.8. The quantitative estimate of drug-likeness (QED) is 0.750. The monoisotopic (exact) mass is 294 g/mol. The first-order valence-electron chi connectivity index (χ1n) is 6.98. The summed E-state index contributed by atoms with van der Waals surface area (Å²) in [6, 6.07) is 7.59. The third kappa shape index (κ3) is 3.93. The molecule has 0 saturated heterocycles. The fourth-order valence-electron chi connectivity index (χ4n) is 1.93. The Hall–Kier alpha value is -0.129. The Morgan fingerprint density at radius 2 is 0.611 bits per heavy atom. The van der Waals surface area contributed by atoms with Gasteiger partial charge in [-0.05, 0) is 0 Å². The maximum atomic E-state index is 2.53. The molecule has 0 aromatic heterocycles. The van der Waals surface area contributed by atoms with Crippen molar-refractivity contribution in [3.8, 4) is 0 Å². The minimum atomic E-state index is -1.21. The number of benzene rings is 1. The largest absolute Gasteiger partial charge is 0.0775 e. The minimum absolute atomic E-state index is 1.21. The molecule has 0 atom stereocenters. The van der Waals surface area contributed by atoms with Gasteiger partial charge in [0, 0.05) is 0 Å². The molecule has 1 rings (SSSR count). The van der Waals surface area contributed by atoms with Gasteiger partial charge in [0.1, 0.15) is 0 Å². The standard InChI is InChI=1S/C15H30Si3/c1-16(2,3)13-10-14(17(4,5)6)12-15(11-13)18(7,8)9/h10-12H,1-9H3. The van der Waals surface area contributed by atoms with Gasteiger partial charge in [-0.3, -0.25) is 0 Å². The molecular formula is C15H30Si3. The minimum Gasteiger partial charge on any atom is -0.0656 e. The van der Waals surface area contributed by atoms with Gasteiger partial charge in [-0.25, -0.2) is 0 Å². The van der Waals surface area contributed by atoms with E-state index < -0.39 is 24.2 Å². The summed E-state index contributed by atoms with van der Waals surface area (Å²) in [5, 5.41) is 4.96. The average molecular weight is 295 g/mol. The SMILES string of the molecule is C[Si](C)(C)c1cc([Si](C)(C)C)cc([Si](C)(C)C)c1. The van der Waals surface area contributed by atoms with Crippen LogP contribution in [0.15, 0.2) is 18.2 Å². The fourth-order valence-corrected chi connectivity index (χ4v) is 5.89. The molecule has 0 aliphatic heterocycles. The van der Waals surface area contributed by atoms with Crippen LogP contribution in [0.4, 0.5) is 0 Å². The van der Waals surface area contributed by atoms with Crippen LogP contribution in [0, 0.1) is 0 Å². The molecule has 0 radical (unpaired) electrons. The Balaban J connectivity index is 3.49. The summed E-state index contributed by atoms with van der Waals surface area (Å²) in [5.74, 6) is 0.